The summed E-state index contributed by atoms with van der Waals surface area (Å²) in [6.45, 7) is 5.25. The zero-order valence-electron chi connectivity index (χ0n) is 11.5. The monoisotopic (exact) mass is 255 g/mol. The summed E-state index contributed by atoms with van der Waals surface area (Å²) in [6, 6.07) is 10.7. The quantitative estimate of drug-likeness (QED) is 0.908. The zero-order valence-corrected chi connectivity index (χ0v) is 11.5. The molecule has 3 heteroatoms. The van der Waals surface area contributed by atoms with Gasteiger partial charge in [0.1, 0.15) is 5.82 Å². The topological polar surface area (TPSA) is 29.9 Å². The van der Waals surface area contributed by atoms with Gasteiger partial charge in [0, 0.05) is 38.2 Å². The Morgan fingerprint density at radius 1 is 1.26 bits per heavy atom. The third-order valence-electron chi connectivity index (χ3n) is 3.85. The number of aromatic nitrogens is 2. The summed E-state index contributed by atoms with van der Waals surface area (Å²) in [4.78, 5) is 4.78. The summed E-state index contributed by atoms with van der Waals surface area (Å²) in [7, 11) is 0. The SMILES string of the molecule is CCc1nc2c(n1CCc1ccccc1)CCNC2. The fourth-order valence-corrected chi connectivity index (χ4v) is 2.85. The van der Waals surface area contributed by atoms with E-state index in [0.717, 1.165) is 38.9 Å². The molecule has 1 N–H and O–H groups in total. The summed E-state index contributed by atoms with van der Waals surface area (Å²) in [5.74, 6) is 1.24. The van der Waals surface area contributed by atoms with Crippen molar-refractivity contribution in [1.82, 2.24) is 14.9 Å². The van der Waals surface area contributed by atoms with E-state index in [4.69, 9.17) is 4.98 Å². The van der Waals surface area contributed by atoms with Gasteiger partial charge in [0.15, 0.2) is 0 Å². The van der Waals surface area contributed by atoms with Crippen LogP contribution in [0.5, 0.6) is 0 Å². The Labute approximate surface area is 114 Å². The molecule has 0 fully saturated rings. The Morgan fingerprint density at radius 3 is 2.89 bits per heavy atom. The Kier molecular flexibility index (Phi) is 3.65. The maximum atomic E-state index is 4.78. The molecular formula is C16H21N3. The molecule has 1 aliphatic rings. The minimum atomic E-state index is 0.931. The molecule has 3 rings (SSSR count). The van der Waals surface area contributed by atoms with E-state index in [2.05, 4.69) is 47.1 Å². The molecule has 0 saturated carbocycles. The van der Waals surface area contributed by atoms with Crippen molar-refractivity contribution in [3.8, 4) is 0 Å². The molecule has 0 aliphatic carbocycles. The molecule has 1 aromatic heterocycles. The molecular weight excluding hydrogens is 234 g/mol. The maximum Gasteiger partial charge on any atom is 0.108 e. The molecule has 1 aromatic carbocycles. The minimum absolute atomic E-state index is 0.931. The molecule has 0 saturated heterocycles. The second-order valence-corrected chi connectivity index (χ2v) is 5.09. The predicted octanol–water partition coefficient (Wildman–Crippen LogP) is 2.33. The first-order valence-electron chi connectivity index (χ1n) is 7.20. The Morgan fingerprint density at radius 2 is 2.11 bits per heavy atom. The van der Waals surface area contributed by atoms with Gasteiger partial charge >= 0.3 is 0 Å². The van der Waals surface area contributed by atoms with Crippen LogP contribution in [0.4, 0.5) is 0 Å². The van der Waals surface area contributed by atoms with E-state index in [1.54, 1.807) is 0 Å². The van der Waals surface area contributed by atoms with E-state index in [0.29, 0.717) is 0 Å². The van der Waals surface area contributed by atoms with Crippen molar-refractivity contribution >= 4 is 0 Å². The molecule has 19 heavy (non-hydrogen) atoms. The van der Waals surface area contributed by atoms with Gasteiger partial charge in [-0.05, 0) is 12.0 Å². The van der Waals surface area contributed by atoms with Gasteiger partial charge in [-0.1, -0.05) is 37.3 Å². The molecule has 0 spiro atoms. The number of fused-ring (bicyclic) bond motifs is 1. The number of nitrogens with zero attached hydrogens (tertiary/aromatic N) is 2. The van der Waals surface area contributed by atoms with Crippen molar-refractivity contribution in [3.63, 3.8) is 0 Å². The van der Waals surface area contributed by atoms with Crippen LogP contribution in [0.25, 0.3) is 0 Å². The maximum absolute atomic E-state index is 4.78. The number of hydrogen-bond acceptors (Lipinski definition) is 2. The number of benzene rings is 1. The summed E-state index contributed by atoms with van der Waals surface area (Å²) < 4.78 is 2.45. The molecule has 3 nitrogen and oxygen atoms in total. The Bertz CT molecular complexity index is 543. The fraction of sp³-hybridized carbons (Fsp3) is 0.438. The van der Waals surface area contributed by atoms with Crippen LogP contribution in [0.3, 0.4) is 0 Å². The smallest absolute Gasteiger partial charge is 0.108 e. The lowest BCUT2D eigenvalue weighted by molar-refractivity contribution is 0.577. The third kappa shape index (κ3) is 2.56. The first-order valence-corrected chi connectivity index (χ1v) is 7.20. The molecule has 0 unspecified atom stereocenters. The second-order valence-electron chi connectivity index (χ2n) is 5.09. The van der Waals surface area contributed by atoms with Crippen molar-refractivity contribution in [2.24, 2.45) is 0 Å². The standard InChI is InChI=1S/C16H21N3/c1-2-16-18-14-12-17-10-8-15(14)19(16)11-9-13-6-4-3-5-7-13/h3-7,17H,2,8-12H2,1H3. The second kappa shape index (κ2) is 5.57. The van der Waals surface area contributed by atoms with Gasteiger partial charge in [-0.2, -0.15) is 0 Å². The lowest BCUT2D eigenvalue weighted by atomic mass is 10.1. The van der Waals surface area contributed by atoms with Crippen molar-refractivity contribution in [2.45, 2.75) is 39.3 Å². The summed E-state index contributed by atoms with van der Waals surface area (Å²) in [5, 5.41) is 3.40. The molecule has 0 bridgehead atoms. The molecule has 2 heterocycles. The van der Waals surface area contributed by atoms with Crippen LogP contribution >= 0.6 is 0 Å². The van der Waals surface area contributed by atoms with Crippen LogP contribution in [0.1, 0.15) is 29.7 Å². The Balaban J connectivity index is 1.81. The average molecular weight is 255 g/mol. The largest absolute Gasteiger partial charge is 0.331 e. The van der Waals surface area contributed by atoms with E-state index < -0.39 is 0 Å². The summed E-state index contributed by atoms with van der Waals surface area (Å²) in [5.41, 5.74) is 4.11. The van der Waals surface area contributed by atoms with E-state index in [-0.39, 0.29) is 0 Å². The van der Waals surface area contributed by atoms with Gasteiger partial charge in [-0.15, -0.1) is 0 Å². The summed E-state index contributed by atoms with van der Waals surface area (Å²) in [6.07, 6.45) is 3.21. The van der Waals surface area contributed by atoms with Crippen LogP contribution in [0.2, 0.25) is 0 Å². The highest BCUT2D eigenvalue weighted by Gasteiger charge is 2.18. The van der Waals surface area contributed by atoms with Gasteiger partial charge in [-0.3, -0.25) is 0 Å². The van der Waals surface area contributed by atoms with Crippen LogP contribution in [0.15, 0.2) is 30.3 Å². The highest BCUT2D eigenvalue weighted by Crippen LogP contribution is 2.17. The molecule has 1 aliphatic heterocycles. The van der Waals surface area contributed by atoms with Crippen LogP contribution < -0.4 is 5.32 Å². The van der Waals surface area contributed by atoms with E-state index in [9.17, 15) is 0 Å². The first kappa shape index (κ1) is 12.4. The van der Waals surface area contributed by atoms with Gasteiger partial charge in [0.25, 0.3) is 0 Å². The van der Waals surface area contributed by atoms with Gasteiger partial charge in [0.2, 0.25) is 0 Å². The minimum Gasteiger partial charge on any atom is -0.331 e. The zero-order chi connectivity index (χ0) is 13.1. The predicted molar refractivity (Wildman–Crippen MR) is 77.2 cm³/mol. The van der Waals surface area contributed by atoms with Gasteiger partial charge in [0.05, 0.1) is 5.69 Å². The normalized spacial score (nSPS) is 14.4. The lowest BCUT2D eigenvalue weighted by Crippen LogP contribution is -2.25. The molecule has 2 aromatic rings. The van der Waals surface area contributed by atoms with Crippen LogP contribution in [0, 0.1) is 0 Å². The fourth-order valence-electron chi connectivity index (χ4n) is 2.85. The van der Waals surface area contributed by atoms with E-state index >= 15 is 0 Å². The molecule has 0 atom stereocenters. The van der Waals surface area contributed by atoms with Crippen molar-refractivity contribution in [1.29, 1.82) is 0 Å². The van der Waals surface area contributed by atoms with Gasteiger partial charge in [-0.25, -0.2) is 4.98 Å². The van der Waals surface area contributed by atoms with Crippen molar-refractivity contribution < 1.29 is 0 Å². The molecule has 0 radical (unpaired) electrons. The highest BCUT2D eigenvalue weighted by atomic mass is 15.1. The van der Waals surface area contributed by atoms with Crippen LogP contribution in [-0.2, 0) is 32.4 Å². The first-order chi connectivity index (χ1) is 9.38. The van der Waals surface area contributed by atoms with Crippen molar-refractivity contribution in [3.05, 3.63) is 53.1 Å². The number of aryl methyl sites for hydroxylation is 2. The van der Waals surface area contributed by atoms with Crippen LogP contribution in [-0.4, -0.2) is 16.1 Å². The number of hydrogen-bond donors (Lipinski definition) is 1. The highest BCUT2D eigenvalue weighted by molar-refractivity contribution is 5.21. The molecule has 100 valence electrons. The lowest BCUT2D eigenvalue weighted by Gasteiger charge is -2.16. The number of imidazole rings is 1. The summed E-state index contributed by atoms with van der Waals surface area (Å²) >= 11 is 0. The molecule has 0 amide bonds. The average Bonchev–Trinajstić information content (AvgIpc) is 2.84. The third-order valence-corrected chi connectivity index (χ3v) is 3.85. The van der Waals surface area contributed by atoms with Gasteiger partial charge < -0.3 is 9.88 Å². The van der Waals surface area contributed by atoms with E-state index in [1.807, 2.05) is 0 Å². The van der Waals surface area contributed by atoms with E-state index in [1.165, 1.54) is 22.8 Å². The number of rotatable bonds is 4. The van der Waals surface area contributed by atoms with Crippen molar-refractivity contribution in [2.75, 3.05) is 6.54 Å². The Hall–Kier alpha value is -1.61. The number of nitrogens with one attached hydrogen (secondary N) is 1.